The van der Waals surface area contributed by atoms with Crippen LogP contribution in [-0.4, -0.2) is 36.9 Å². The average Bonchev–Trinajstić information content (AvgIpc) is 2.75. The van der Waals surface area contributed by atoms with Gasteiger partial charge in [0.05, 0.1) is 6.61 Å². The molecule has 1 saturated heterocycles. The summed E-state index contributed by atoms with van der Waals surface area (Å²) in [5.74, 6) is 0.0938. The summed E-state index contributed by atoms with van der Waals surface area (Å²) in [5, 5.41) is 0. The SMILES string of the molecule is CC(=O)OC/C=C1\CC[C@@H](OC(C)=O)C(C)(CCCC(C)CCC=C(C)C)OC1. The molecule has 1 heterocycles. The third-order valence-corrected chi connectivity index (χ3v) is 5.55. The lowest BCUT2D eigenvalue weighted by molar-refractivity contribution is -0.167. The largest absolute Gasteiger partial charge is 0.462 e. The number of carbonyl (C=O) groups is 2. The van der Waals surface area contributed by atoms with Crippen LogP contribution in [0.3, 0.4) is 0 Å². The molecule has 0 aromatic heterocycles. The molecule has 1 fully saturated rings. The molecule has 0 aromatic carbocycles. The molecular formula is C24H40O5. The zero-order chi connectivity index (χ0) is 21.9. The Kier molecular flexibility index (Phi) is 11.3. The van der Waals surface area contributed by atoms with E-state index in [1.165, 1.54) is 25.8 Å². The van der Waals surface area contributed by atoms with E-state index in [1.807, 2.05) is 6.08 Å². The van der Waals surface area contributed by atoms with Crippen LogP contribution in [0.1, 0.15) is 86.5 Å². The van der Waals surface area contributed by atoms with Crippen molar-refractivity contribution in [2.24, 2.45) is 5.92 Å². The van der Waals surface area contributed by atoms with Crippen LogP contribution in [0.5, 0.6) is 0 Å². The minimum Gasteiger partial charge on any atom is -0.462 e. The van der Waals surface area contributed by atoms with E-state index >= 15 is 0 Å². The molecule has 166 valence electrons. The zero-order valence-corrected chi connectivity index (χ0v) is 19.2. The molecule has 0 spiro atoms. The summed E-state index contributed by atoms with van der Waals surface area (Å²) in [5.41, 5.74) is 1.96. The minimum absolute atomic E-state index is 0.256. The van der Waals surface area contributed by atoms with Gasteiger partial charge in [-0.3, -0.25) is 9.59 Å². The number of allylic oxidation sites excluding steroid dienone is 2. The van der Waals surface area contributed by atoms with E-state index in [2.05, 4.69) is 33.8 Å². The van der Waals surface area contributed by atoms with Gasteiger partial charge in [0, 0.05) is 13.8 Å². The van der Waals surface area contributed by atoms with Crippen LogP contribution in [-0.2, 0) is 23.8 Å². The average molecular weight is 409 g/mol. The zero-order valence-electron chi connectivity index (χ0n) is 19.2. The van der Waals surface area contributed by atoms with Crippen LogP contribution in [0.2, 0.25) is 0 Å². The molecule has 0 radical (unpaired) electrons. The summed E-state index contributed by atoms with van der Waals surface area (Å²) in [6, 6.07) is 0. The highest BCUT2D eigenvalue weighted by Gasteiger charge is 2.39. The number of hydrogen-bond acceptors (Lipinski definition) is 5. The molecule has 2 unspecified atom stereocenters. The van der Waals surface area contributed by atoms with Crippen LogP contribution in [0.25, 0.3) is 0 Å². The maximum atomic E-state index is 11.6. The van der Waals surface area contributed by atoms with E-state index in [4.69, 9.17) is 14.2 Å². The Labute approximate surface area is 176 Å². The van der Waals surface area contributed by atoms with Crippen molar-refractivity contribution in [2.45, 2.75) is 98.2 Å². The van der Waals surface area contributed by atoms with E-state index in [0.717, 1.165) is 44.1 Å². The Morgan fingerprint density at radius 2 is 1.93 bits per heavy atom. The second kappa shape index (κ2) is 12.8. The summed E-state index contributed by atoms with van der Waals surface area (Å²) < 4.78 is 16.9. The van der Waals surface area contributed by atoms with Crippen LogP contribution >= 0.6 is 0 Å². The smallest absolute Gasteiger partial charge is 0.303 e. The molecule has 1 aliphatic heterocycles. The van der Waals surface area contributed by atoms with Crippen molar-refractivity contribution >= 4 is 11.9 Å². The van der Waals surface area contributed by atoms with Gasteiger partial charge >= 0.3 is 11.9 Å². The lowest BCUT2D eigenvalue weighted by atomic mass is 9.87. The van der Waals surface area contributed by atoms with E-state index in [-0.39, 0.29) is 24.6 Å². The summed E-state index contributed by atoms with van der Waals surface area (Å²) in [4.78, 5) is 22.6. The highest BCUT2D eigenvalue weighted by Crippen LogP contribution is 2.34. The van der Waals surface area contributed by atoms with Gasteiger partial charge in [-0.25, -0.2) is 0 Å². The van der Waals surface area contributed by atoms with Gasteiger partial charge in [-0.1, -0.05) is 31.4 Å². The number of rotatable bonds is 10. The molecule has 0 aromatic rings. The van der Waals surface area contributed by atoms with Crippen molar-refractivity contribution in [3.05, 3.63) is 23.3 Å². The number of ether oxygens (including phenoxy) is 3. The first kappa shape index (κ1) is 25.4. The predicted molar refractivity (Wildman–Crippen MR) is 116 cm³/mol. The van der Waals surface area contributed by atoms with Gasteiger partial charge in [0.15, 0.2) is 0 Å². The van der Waals surface area contributed by atoms with Crippen molar-refractivity contribution in [3.8, 4) is 0 Å². The third-order valence-electron chi connectivity index (χ3n) is 5.55. The second-order valence-corrected chi connectivity index (χ2v) is 8.76. The Balaban J connectivity index is 2.65. The summed E-state index contributed by atoms with van der Waals surface area (Å²) in [7, 11) is 0. The van der Waals surface area contributed by atoms with Gasteiger partial charge in [-0.05, 0) is 70.4 Å². The van der Waals surface area contributed by atoms with Gasteiger partial charge in [-0.15, -0.1) is 0 Å². The van der Waals surface area contributed by atoms with Crippen molar-refractivity contribution in [2.75, 3.05) is 13.2 Å². The number of hydrogen-bond donors (Lipinski definition) is 0. The van der Waals surface area contributed by atoms with Gasteiger partial charge < -0.3 is 14.2 Å². The van der Waals surface area contributed by atoms with E-state index in [0.29, 0.717) is 12.5 Å². The van der Waals surface area contributed by atoms with Gasteiger partial charge in [0.25, 0.3) is 0 Å². The number of carbonyl (C=O) groups excluding carboxylic acids is 2. The monoisotopic (exact) mass is 408 g/mol. The van der Waals surface area contributed by atoms with Gasteiger partial charge in [0.1, 0.15) is 18.3 Å². The maximum absolute atomic E-state index is 11.6. The fourth-order valence-corrected chi connectivity index (χ4v) is 3.70. The predicted octanol–water partition coefficient (Wildman–Crippen LogP) is 5.53. The summed E-state index contributed by atoms with van der Waals surface area (Å²) >= 11 is 0. The second-order valence-electron chi connectivity index (χ2n) is 8.76. The Morgan fingerprint density at radius 1 is 1.21 bits per heavy atom. The molecule has 1 aliphatic rings. The molecule has 0 aliphatic carbocycles. The van der Waals surface area contributed by atoms with Crippen LogP contribution in [0, 0.1) is 5.92 Å². The molecule has 29 heavy (non-hydrogen) atoms. The highest BCUT2D eigenvalue weighted by molar-refractivity contribution is 5.66. The lowest BCUT2D eigenvalue weighted by Gasteiger charge is -2.35. The topological polar surface area (TPSA) is 61.8 Å². The molecule has 0 saturated carbocycles. The quantitative estimate of drug-likeness (QED) is 0.351. The summed E-state index contributed by atoms with van der Waals surface area (Å²) in [6.45, 7) is 12.2. The molecule has 0 amide bonds. The number of esters is 2. The fourth-order valence-electron chi connectivity index (χ4n) is 3.70. The third kappa shape index (κ3) is 10.6. The van der Waals surface area contributed by atoms with E-state index < -0.39 is 5.60 Å². The first-order valence-electron chi connectivity index (χ1n) is 10.9. The Bertz CT molecular complexity index is 588. The van der Waals surface area contributed by atoms with Crippen molar-refractivity contribution < 1.29 is 23.8 Å². The van der Waals surface area contributed by atoms with Crippen LogP contribution in [0.15, 0.2) is 23.3 Å². The minimum atomic E-state index is -0.498. The normalized spacial score (nSPS) is 24.5. The Hall–Kier alpha value is -1.62. The molecule has 0 bridgehead atoms. The van der Waals surface area contributed by atoms with Crippen LogP contribution in [0.4, 0.5) is 0 Å². The molecular weight excluding hydrogens is 368 g/mol. The first-order valence-corrected chi connectivity index (χ1v) is 10.9. The molecule has 1 rings (SSSR count). The summed E-state index contributed by atoms with van der Waals surface area (Å²) in [6.07, 6.45) is 10.8. The van der Waals surface area contributed by atoms with Crippen molar-refractivity contribution in [3.63, 3.8) is 0 Å². The van der Waals surface area contributed by atoms with Crippen LogP contribution < -0.4 is 0 Å². The standard InChI is InChI=1S/C24H40O5/c1-18(2)9-7-10-19(3)11-8-15-24(6)23(29-21(5)26)13-12-22(17-28-24)14-16-27-20(4)25/h9,14,19,23H,7-8,10-13,15-17H2,1-6H3/b22-14+/t19?,23-,24?/m1/s1. The lowest BCUT2D eigenvalue weighted by Crippen LogP contribution is -2.43. The van der Waals surface area contributed by atoms with Crippen molar-refractivity contribution in [1.82, 2.24) is 0 Å². The molecule has 3 atom stereocenters. The van der Waals surface area contributed by atoms with Gasteiger partial charge in [0.2, 0.25) is 0 Å². The fraction of sp³-hybridized carbons (Fsp3) is 0.750. The first-order chi connectivity index (χ1) is 13.6. The van der Waals surface area contributed by atoms with Gasteiger partial charge in [-0.2, -0.15) is 0 Å². The van der Waals surface area contributed by atoms with E-state index in [9.17, 15) is 9.59 Å². The molecule has 5 nitrogen and oxygen atoms in total. The maximum Gasteiger partial charge on any atom is 0.303 e. The Morgan fingerprint density at radius 3 is 2.55 bits per heavy atom. The molecule has 0 N–H and O–H groups in total. The highest BCUT2D eigenvalue weighted by atomic mass is 16.6. The molecule has 5 heteroatoms. The van der Waals surface area contributed by atoms with Crippen molar-refractivity contribution in [1.29, 1.82) is 0 Å². The van der Waals surface area contributed by atoms with E-state index in [1.54, 1.807) is 0 Å².